The highest BCUT2D eigenvalue weighted by Crippen LogP contribution is 2.22. The van der Waals surface area contributed by atoms with Crippen molar-refractivity contribution in [3.63, 3.8) is 0 Å². The molecular weight excluding hydrogens is 420 g/mol. The summed E-state index contributed by atoms with van der Waals surface area (Å²) in [5.74, 6) is -0.537. The van der Waals surface area contributed by atoms with E-state index in [0.717, 1.165) is 12.0 Å². The second-order valence-electron chi connectivity index (χ2n) is 6.09. The minimum Gasteiger partial charge on any atom is -0.465 e. The van der Waals surface area contributed by atoms with E-state index in [1.54, 1.807) is 42.5 Å². The predicted molar refractivity (Wildman–Crippen MR) is 115 cm³/mol. The van der Waals surface area contributed by atoms with E-state index < -0.39 is 15.8 Å². The zero-order chi connectivity index (χ0) is 20.9. The molecule has 9 heteroatoms. The topological polar surface area (TPSA) is 84.5 Å². The third-order valence-electron chi connectivity index (χ3n) is 4.05. The lowest BCUT2D eigenvalue weighted by atomic mass is 10.1. The van der Waals surface area contributed by atoms with E-state index in [1.807, 2.05) is 6.92 Å². The van der Waals surface area contributed by atoms with Crippen LogP contribution in [0.5, 0.6) is 0 Å². The molecule has 0 aromatic heterocycles. The van der Waals surface area contributed by atoms with Crippen molar-refractivity contribution < 1.29 is 17.9 Å². The first kappa shape index (κ1) is 22.1. The number of anilines is 1. The molecule has 2 rings (SSSR count). The van der Waals surface area contributed by atoms with Crippen LogP contribution < -0.4 is 10.6 Å². The molecule has 0 spiro atoms. The SMILES string of the molecule is CC[C@H](NC(=S)Nc1ccc(Cl)c(C(=O)OC)c1)c1ccc(S(C)(=O)=O)cc1. The van der Waals surface area contributed by atoms with Crippen LogP contribution in [0.15, 0.2) is 47.4 Å². The van der Waals surface area contributed by atoms with Crippen LogP contribution in [0.2, 0.25) is 5.02 Å². The van der Waals surface area contributed by atoms with Gasteiger partial charge < -0.3 is 15.4 Å². The van der Waals surface area contributed by atoms with E-state index in [4.69, 9.17) is 28.6 Å². The summed E-state index contributed by atoms with van der Waals surface area (Å²) >= 11 is 11.4. The molecule has 0 aliphatic rings. The lowest BCUT2D eigenvalue weighted by Crippen LogP contribution is -2.32. The number of carbonyl (C=O) groups excluding carboxylic acids is 1. The Kier molecular flexibility index (Phi) is 7.40. The highest BCUT2D eigenvalue weighted by atomic mass is 35.5. The molecule has 0 aliphatic heterocycles. The van der Waals surface area contributed by atoms with Gasteiger partial charge in [0.05, 0.1) is 28.6 Å². The van der Waals surface area contributed by atoms with Gasteiger partial charge in [-0.2, -0.15) is 0 Å². The Hall–Kier alpha value is -2.16. The van der Waals surface area contributed by atoms with Crippen LogP contribution in [-0.2, 0) is 14.6 Å². The van der Waals surface area contributed by atoms with Crippen LogP contribution >= 0.6 is 23.8 Å². The van der Waals surface area contributed by atoms with Crippen molar-refractivity contribution in [1.29, 1.82) is 0 Å². The highest BCUT2D eigenvalue weighted by Gasteiger charge is 2.15. The minimum absolute atomic E-state index is 0.110. The van der Waals surface area contributed by atoms with Crippen molar-refractivity contribution in [3.05, 3.63) is 58.6 Å². The lowest BCUT2D eigenvalue weighted by Gasteiger charge is -2.20. The Morgan fingerprint density at radius 2 is 1.86 bits per heavy atom. The van der Waals surface area contributed by atoms with Crippen LogP contribution in [-0.4, -0.2) is 32.9 Å². The third-order valence-corrected chi connectivity index (χ3v) is 5.73. The first-order valence-corrected chi connectivity index (χ1v) is 11.1. The fourth-order valence-electron chi connectivity index (χ4n) is 2.56. The van der Waals surface area contributed by atoms with Gasteiger partial charge in [-0.25, -0.2) is 13.2 Å². The second-order valence-corrected chi connectivity index (χ2v) is 8.92. The molecule has 2 aromatic carbocycles. The van der Waals surface area contributed by atoms with Gasteiger partial charge >= 0.3 is 5.97 Å². The van der Waals surface area contributed by atoms with Crippen molar-refractivity contribution in [3.8, 4) is 0 Å². The van der Waals surface area contributed by atoms with Gasteiger partial charge in [0, 0.05) is 11.9 Å². The summed E-state index contributed by atoms with van der Waals surface area (Å²) in [6.07, 6.45) is 1.90. The molecule has 0 saturated heterocycles. The number of hydrogen-bond acceptors (Lipinski definition) is 5. The summed E-state index contributed by atoms with van der Waals surface area (Å²) in [5, 5.41) is 6.85. The Morgan fingerprint density at radius 3 is 2.39 bits per heavy atom. The Bertz CT molecular complexity index is 976. The van der Waals surface area contributed by atoms with Gasteiger partial charge in [0.25, 0.3) is 0 Å². The summed E-state index contributed by atoms with van der Waals surface area (Å²) < 4.78 is 27.9. The zero-order valence-corrected chi connectivity index (χ0v) is 18.0. The molecular formula is C19H21ClN2O4S2. The number of rotatable bonds is 6. The Morgan fingerprint density at radius 1 is 1.21 bits per heavy atom. The molecule has 2 N–H and O–H groups in total. The van der Waals surface area contributed by atoms with Crippen molar-refractivity contribution >= 4 is 50.4 Å². The predicted octanol–water partition coefficient (Wildman–Crippen LogP) is 3.97. The smallest absolute Gasteiger partial charge is 0.339 e. The fourth-order valence-corrected chi connectivity index (χ4v) is 3.65. The van der Waals surface area contributed by atoms with E-state index in [2.05, 4.69) is 10.6 Å². The van der Waals surface area contributed by atoms with Crippen LogP contribution in [0, 0.1) is 0 Å². The van der Waals surface area contributed by atoms with Gasteiger partial charge in [-0.3, -0.25) is 0 Å². The molecule has 0 unspecified atom stereocenters. The number of carbonyl (C=O) groups is 1. The number of methoxy groups -OCH3 is 1. The summed E-state index contributed by atoms with van der Waals surface area (Å²) in [6.45, 7) is 1.99. The summed E-state index contributed by atoms with van der Waals surface area (Å²) in [6, 6.07) is 11.4. The van der Waals surface area contributed by atoms with Crippen LogP contribution in [0.3, 0.4) is 0 Å². The van der Waals surface area contributed by atoms with Crippen molar-refractivity contribution in [2.24, 2.45) is 0 Å². The van der Waals surface area contributed by atoms with Gasteiger partial charge in [-0.1, -0.05) is 30.7 Å². The Labute approximate surface area is 175 Å². The standard InChI is InChI=1S/C19H21ClN2O4S2/c1-4-17(12-5-8-14(9-6-12)28(3,24)25)22-19(27)21-13-7-10-16(20)15(11-13)18(23)26-2/h5-11,17H,4H2,1-3H3,(H2,21,22,27)/t17-/m0/s1. The largest absolute Gasteiger partial charge is 0.465 e. The maximum Gasteiger partial charge on any atom is 0.339 e. The molecule has 0 aliphatic carbocycles. The second kappa shape index (κ2) is 9.36. The maximum absolute atomic E-state index is 11.8. The molecule has 2 aromatic rings. The average Bonchev–Trinajstić information content (AvgIpc) is 2.66. The number of thiocarbonyl (C=S) groups is 1. The molecule has 1 atom stereocenters. The van der Waals surface area contributed by atoms with Gasteiger partial charge in [0.15, 0.2) is 14.9 Å². The van der Waals surface area contributed by atoms with Crippen LogP contribution in [0.4, 0.5) is 5.69 Å². The first-order chi connectivity index (χ1) is 13.2. The summed E-state index contributed by atoms with van der Waals surface area (Å²) in [5.41, 5.74) is 1.73. The molecule has 0 fully saturated rings. The van der Waals surface area contributed by atoms with Gasteiger partial charge in [-0.05, 0) is 54.5 Å². The van der Waals surface area contributed by atoms with E-state index in [-0.39, 0.29) is 21.5 Å². The summed E-state index contributed by atoms with van der Waals surface area (Å²) in [4.78, 5) is 12.0. The van der Waals surface area contributed by atoms with E-state index in [0.29, 0.717) is 10.8 Å². The monoisotopic (exact) mass is 440 g/mol. The quantitative estimate of drug-likeness (QED) is 0.519. The molecule has 28 heavy (non-hydrogen) atoms. The molecule has 6 nitrogen and oxygen atoms in total. The van der Waals surface area contributed by atoms with Gasteiger partial charge in [0.1, 0.15) is 0 Å². The highest BCUT2D eigenvalue weighted by molar-refractivity contribution is 7.90. The van der Waals surface area contributed by atoms with E-state index in [9.17, 15) is 13.2 Å². The normalized spacial score (nSPS) is 12.1. The molecule has 0 saturated carbocycles. The number of benzene rings is 2. The van der Waals surface area contributed by atoms with Crippen LogP contribution in [0.25, 0.3) is 0 Å². The Balaban J connectivity index is 2.11. The molecule has 0 bridgehead atoms. The summed E-state index contributed by atoms with van der Waals surface area (Å²) in [7, 11) is -1.96. The van der Waals surface area contributed by atoms with Gasteiger partial charge in [0.2, 0.25) is 0 Å². The number of ether oxygens (including phenoxy) is 1. The number of hydrogen-bond donors (Lipinski definition) is 2. The average molecular weight is 441 g/mol. The zero-order valence-electron chi connectivity index (χ0n) is 15.7. The fraction of sp³-hybridized carbons (Fsp3) is 0.263. The molecule has 0 radical (unpaired) electrons. The third kappa shape index (κ3) is 5.67. The minimum atomic E-state index is -3.24. The molecule has 0 amide bonds. The molecule has 0 heterocycles. The molecule has 150 valence electrons. The van der Waals surface area contributed by atoms with E-state index in [1.165, 1.54) is 13.4 Å². The number of sulfone groups is 1. The maximum atomic E-state index is 11.8. The van der Waals surface area contributed by atoms with E-state index >= 15 is 0 Å². The van der Waals surface area contributed by atoms with Crippen molar-refractivity contribution in [2.45, 2.75) is 24.3 Å². The number of esters is 1. The van der Waals surface area contributed by atoms with Crippen molar-refractivity contribution in [1.82, 2.24) is 5.32 Å². The lowest BCUT2D eigenvalue weighted by molar-refractivity contribution is 0.0601. The number of nitrogens with one attached hydrogen (secondary N) is 2. The first-order valence-electron chi connectivity index (χ1n) is 8.41. The van der Waals surface area contributed by atoms with Crippen LogP contribution in [0.1, 0.15) is 35.3 Å². The van der Waals surface area contributed by atoms with Gasteiger partial charge in [-0.15, -0.1) is 0 Å². The van der Waals surface area contributed by atoms with Crippen molar-refractivity contribution in [2.75, 3.05) is 18.7 Å². The number of halogens is 1.